The van der Waals surface area contributed by atoms with Gasteiger partial charge >= 0.3 is 0 Å². The fourth-order valence-corrected chi connectivity index (χ4v) is 1.69. The quantitative estimate of drug-likeness (QED) is 0.643. The third-order valence-electron chi connectivity index (χ3n) is 2.50. The van der Waals surface area contributed by atoms with E-state index in [-0.39, 0.29) is 12.5 Å². The lowest BCUT2D eigenvalue weighted by atomic mass is 10.00. The number of amides is 1. The van der Waals surface area contributed by atoms with Crippen LogP contribution in [0.3, 0.4) is 0 Å². The van der Waals surface area contributed by atoms with Crippen LogP contribution in [0.4, 0.5) is 0 Å². The van der Waals surface area contributed by atoms with E-state index in [1.807, 2.05) is 0 Å². The molecule has 1 amide bonds. The summed E-state index contributed by atoms with van der Waals surface area (Å²) in [6.45, 7) is 3.70. The lowest BCUT2D eigenvalue weighted by Crippen LogP contribution is -2.36. The van der Waals surface area contributed by atoms with Gasteiger partial charge in [-0.2, -0.15) is 0 Å². The molecule has 0 bridgehead atoms. The summed E-state index contributed by atoms with van der Waals surface area (Å²) in [5.41, 5.74) is 5.18. The summed E-state index contributed by atoms with van der Waals surface area (Å²) < 4.78 is 5.50. The molecule has 0 radical (unpaired) electrons. The number of carbonyl (C=O) groups is 1. The van der Waals surface area contributed by atoms with Crippen molar-refractivity contribution in [1.29, 1.82) is 0 Å². The van der Waals surface area contributed by atoms with Gasteiger partial charge in [-0.25, -0.2) is 0 Å². The first-order chi connectivity index (χ1) is 6.27. The molecular formula is C9H18N2O2. The van der Waals surface area contributed by atoms with Crippen molar-refractivity contribution in [1.82, 2.24) is 5.32 Å². The summed E-state index contributed by atoms with van der Waals surface area (Å²) in [6.07, 6.45) is 2.38. The van der Waals surface area contributed by atoms with Crippen molar-refractivity contribution in [3.05, 3.63) is 0 Å². The van der Waals surface area contributed by atoms with Gasteiger partial charge in [0, 0.05) is 19.1 Å². The molecule has 76 valence electrons. The molecule has 4 nitrogen and oxygen atoms in total. The van der Waals surface area contributed by atoms with Crippen LogP contribution in [0.5, 0.6) is 0 Å². The Balaban J connectivity index is 2.23. The molecular weight excluding hydrogens is 168 g/mol. The summed E-state index contributed by atoms with van der Waals surface area (Å²) in [7, 11) is 0. The molecule has 4 heteroatoms. The molecule has 1 fully saturated rings. The number of hydrogen-bond donors (Lipinski definition) is 2. The van der Waals surface area contributed by atoms with Gasteiger partial charge in [0.25, 0.3) is 0 Å². The van der Waals surface area contributed by atoms with Gasteiger partial charge in [-0.05, 0) is 12.8 Å². The Morgan fingerprint density at radius 2 is 2.46 bits per heavy atom. The van der Waals surface area contributed by atoms with Gasteiger partial charge in [0.1, 0.15) is 0 Å². The molecule has 1 rings (SSSR count). The van der Waals surface area contributed by atoms with Crippen LogP contribution < -0.4 is 11.1 Å². The monoisotopic (exact) mass is 186 g/mol. The molecule has 0 aliphatic carbocycles. The fraction of sp³-hybridized carbons (Fsp3) is 0.889. The molecule has 1 heterocycles. The standard InChI is InChI=1S/C9H18N2O2/c1-2-8-7(3-4-13-8)6-11-9(12)5-10/h7-8H,2-6,10H2,1H3,(H,11,12). The summed E-state index contributed by atoms with van der Waals surface area (Å²) in [6, 6.07) is 0. The molecule has 0 aromatic carbocycles. The zero-order valence-electron chi connectivity index (χ0n) is 8.08. The van der Waals surface area contributed by atoms with E-state index < -0.39 is 0 Å². The van der Waals surface area contributed by atoms with E-state index in [0.29, 0.717) is 18.6 Å². The van der Waals surface area contributed by atoms with E-state index in [1.165, 1.54) is 0 Å². The first-order valence-corrected chi connectivity index (χ1v) is 4.86. The van der Waals surface area contributed by atoms with Gasteiger partial charge in [0.2, 0.25) is 5.91 Å². The summed E-state index contributed by atoms with van der Waals surface area (Å²) in [5, 5.41) is 2.79. The van der Waals surface area contributed by atoms with Gasteiger partial charge in [0.15, 0.2) is 0 Å². The zero-order chi connectivity index (χ0) is 9.68. The Labute approximate surface area is 78.8 Å². The third-order valence-corrected chi connectivity index (χ3v) is 2.50. The van der Waals surface area contributed by atoms with Gasteiger partial charge in [0.05, 0.1) is 12.6 Å². The molecule has 3 N–H and O–H groups in total. The number of nitrogens with one attached hydrogen (secondary N) is 1. The van der Waals surface area contributed by atoms with Crippen LogP contribution in [0.2, 0.25) is 0 Å². The molecule has 0 aromatic heterocycles. The maximum absolute atomic E-state index is 10.9. The second-order valence-corrected chi connectivity index (χ2v) is 3.37. The molecule has 0 aromatic rings. The Hall–Kier alpha value is -0.610. The zero-order valence-corrected chi connectivity index (χ0v) is 8.08. The van der Waals surface area contributed by atoms with Crippen LogP contribution in [-0.4, -0.2) is 31.7 Å². The Morgan fingerprint density at radius 1 is 1.69 bits per heavy atom. The number of nitrogens with two attached hydrogens (primary N) is 1. The van der Waals surface area contributed by atoms with Gasteiger partial charge in [-0.15, -0.1) is 0 Å². The van der Waals surface area contributed by atoms with Crippen LogP contribution in [0.1, 0.15) is 19.8 Å². The molecule has 1 aliphatic rings. The highest BCUT2D eigenvalue weighted by Gasteiger charge is 2.26. The average molecular weight is 186 g/mol. The predicted molar refractivity (Wildman–Crippen MR) is 50.2 cm³/mol. The average Bonchev–Trinajstić information content (AvgIpc) is 2.61. The second-order valence-electron chi connectivity index (χ2n) is 3.37. The summed E-state index contributed by atoms with van der Waals surface area (Å²) in [5.74, 6) is 0.391. The van der Waals surface area contributed by atoms with Crippen molar-refractivity contribution in [3.63, 3.8) is 0 Å². The maximum atomic E-state index is 10.9. The smallest absolute Gasteiger partial charge is 0.233 e. The number of carbonyl (C=O) groups excluding carboxylic acids is 1. The topological polar surface area (TPSA) is 64.3 Å². The Bertz CT molecular complexity index is 173. The van der Waals surface area contributed by atoms with Crippen molar-refractivity contribution in [2.45, 2.75) is 25.9 Å². The van der Waals surface area contributed by atoms with Gasteiger partial charge in [-0.3, -0.25) is 4.79 Å². The summed E-state index contributed by atoms with van der Waals surface area (Å²) >= 11 is 0. The molecule has 13 heavy (non-hydrogen) atoms. The first-order valence-electron chi connectivity index (χ1n) is 4.86. The van der Waals surface area contributed by atoms with Crippen molar-refractivity contribution >= 4 is 5.91 Å². The maximum Gasteiger partial charge on any atom is 0.233 e. The molecule has 1 saturated heterocycles. The van der Waals surface area contributed by atoms with E-state index in [1.54, 1.807) is 0 Å². The molecule has 0 saturated carbocycles. The minimum atomic E-state index is -0.0817. The van der Waals surface area contributed by atoms with E-state index in [9.17, 15) is 4.79 Å². The van der Waals surface area contributed by atoms with Crippen LogP contribution in [0.15, 0.2) is 0 Å². The van der Waals surface area contributed by atoms with E-state index in [0.717, 1.165) is 19.4 Å². The highest BCUT2D eigenvalue weighted by atomic mass is 16.5. The lowest BCUT2D eigenvalue weighted by Gasteiger charge is -2.16. The van der Waals surface area contributed by atoms with Crippen LogP contribution >= 0.6 is 0 Å². The molecule has 1 aliphatic heterocycles. The van der Waals surface area contributed by atoms with Crippen molar-refractivity contribution in [2.75, 3.05) is 19.7 Å². The SMILES string of the molecule is CCC1OCCC1CNC(=O)CN. The van der Waals surface area contributed by atoms with E-state index >= 15 is 0 Å². The van der Waals surface area contributed by atoms with Gasteiger partial charge < -0.3 is 15.8 Å². The Morgan fingerprint density at radius 3 is 3.08 bits per heavy atom. The summed E-state index contributed by atoms with van der Waals surface area (Å²) in [4.78, 5) is 10.9. The second kappa shape index (κ2) is 5.19. The highest BCUT2D eigenvalue weighted by molar-refractivity contribution is 5.77. The number of ether oxygens (including phenoxy) is 1. The van der Waals surface area contributed by atoms with Crippen LogP contribution in [0.25, 0.3) is 0 Å². The van der Waals surface area contributed by atoms with Gasteiger partial charge in [-0.1, -0.05) is 6.92 Å². The normalized spacial score (nSPS) is 27.5. The Kier molecular flexibility index (Phi) is 4.18. The van der Waals surface area contributed by atoms with Crippen molar-refractivity contribution in [3.8, 4) is 0 Å². The van der Waals surface area contributed by atoms with E-state index in [2.05, 4.69) is 12.2 Å². The van der Waals surface area contributed by atoms with Crippen LogP contribution in [-0.2, 0) is 9.53 Å². The van der Waals surface area contributed by atoms with Crippen molar-refractivity contribution in [2.24, 2.45) is 11.7 Å². The molecule has 2 atom stereocenters. The predicted octanol–water partition coefficient (Wildman–Crippen LogP) is -0.124. The number of rotatable bonds is 4. The first kappa shape index (κ1) is 10.5. The van der Waals surface area contributed by atoms with Crippen LogP contribution in [0, 0.1) is 5.92 Å². The molecule has 0 spiro atoms. The largest absolute Gasteiger partial charge is 0.378 e. The fourth-order valence-electron chi connectivity index (χ4n) is 1.69. The minimum absolute atomic E-state index is 0.0738. The highest BCUT2D eigenvalue weighted by Crippen LogP contribution is 2.22. The minimum Gasteiger partial charge on any atom is -0.378 e. The van der Waals surface area contributed by atoms with Crippen molar-refractivity contribution < 1.29 is 9.53 Å². The number of hydrogen-bond acceptors (Lipinski definition) is 3. The third kappa shape index (κ3) is 2.97. The lowest BCUT2D eigenvalue weighted by molar-refractivity contribution is -0.119. The van der Waals surface area contributed by atoms with E-state index in [4.69, 9.17) is 10.5 Å². The molecule has 2 unspecified atom stereocenters.